The van der Waals surface area contributed by atoms with Crippen LogP contribution in [0.25, 0.3) is 5.76 Å². The van der Waals surface area contributed by atoms with Crippen molar-refractivity contribution in [1.82, 2.24) is 0 Å². The molecule has 0 bridgehead atoms. The molecule has 1 aliphatic rings. The molecule has 3 nitrogen and oxygen atoms in total. The highest BCUT2D eigenvalue weighted by molar-refractivity contribution is 8.03. The maximum absolute atomic E-state index is 10.4. The number of halogens is 1. The average Bonchev–Trinajstić information content (AvgIpc) is 2.44. The van der Waals surface area contributed by atoms with E-state index >= 15 is 0 Å². The minimum Gasteiger partial charge on any atom is -0.508 e. The number of aromatic hydroxyl groups is 1. The standard InChI is InChI=1S/C15H12ClNO2S/c16-9-1-6-12-13(7-9)17-8-14(15(12)19)20-11-4-2-10(18)3-5-11/h1-7,17-19H,8H2. The van der Waals surface area contributed by atoms with Gasteiger partial charge in [-0.15, -0.1) is 0 Å². The number of aliphatic hydroxyl groups is 1. The van der Waals surface area contributed by atoms with Gasteiger partial charge in [0.1, 0.15) is 11.5 Å². The summed E-state index contributed by atoms with van der Waals surface area (Å²) >= 11 is 7.41. The Morgan fingerprint density at radius 2 is 1.80 bits per heavy atom. The Balaban J connectivity index is 1.92. The number of anilines is 1. The number of thioether (sulfide) groups is 1. The largest absolute Gasteiger partial charge is 0.508 e. The van der Waals surface area contributed by atoms with E-state index < -0.39 is 0 Å². The molecule has 0 unspecified atom stereocenters. The highest BCUT2D eigenvalue weighted by Gasteiger charge is 2.19. The second kappa shape index (κ2) is 5.31. The number of benzene rings is 2. The van der Waals surface area contributed by atoms with Gasteiger partial charge in [-0.1, -0.05) is 23.4 Å². The molecule has 0 aromatic heterocycles. The SMILES string of the molecule is OC1=C(Sc2ccc(O)cc2)CNc2cc(Cl)ccc21. The molecule has 0 amide bonds. The minimum absolute atomic E-state index is 0.231. The topological polar surface area (TPSA) is 52.5 Å². The molecular formula is C15H12ClNO2S. The maximum Gasteiger partial charge on any atom is 0.136 e. The van der Waals surface area contributed by atoms with E-state index in [1.807, 2.05) is 12.1 Å². The van der Waals surface area contributed by atoms with Crippen LogP contribution in [-0.2, 0) is 0 Å². The van der Waals surface area contributed by atoms with E-state index in [2.05, 4.69) is 5.32 Å². The fraction of sp³-hybridized carbons (Fsp3) is 0.0667. The van der Waals surface area contributed by atoms with Crippen molar-refractivity contribution in [3.05, 3.63) is 58.0 Å². The predicted octanol–water partition coefficient (Wildman–Crippen LogP) is 4.49. The van der Waals surface area contributed by atoms with E-state index in [9.17, 15) is 10.2 Å². The molecular weight excluding hydrogens is 294 g/mol. The summed E-state index contributed by atoms with van der Waals surface area (Å²) in [7, 11) is 0. The molecule has 102 valence electrons. The summed E-state index contributed by atoms with van der Waals surface area (Å²) in [4.78, 5) is 1.80. The summed E-state index contributed by atoms with van der Waals surface area (Å²) in [5.41, 5.74) is 1.59. The first-order chi connectivity index (χ1) is 9.63. The zero-order chi connectivity index (χ0) is 14.1. The van der Waals surface area contributed by atoms with Gasteiger partial charge >= 0.3 is 0 Å². The van der Waals surface area contributed by atoms with Crippen molar-refractivity contribution in [3.8, 4) is 5.75 Å². The normalized spacial score (nSPS) is 13.8. The third-order valence-electron chi connectivity index (χ3n) is 3.02. The maximum atomic E-state index is 10.4. The van der Waals surface area contributed by atoms with Crippen molar-refractivity contribution < 1.29 is 10.2 Å². The molecule has 2 aromatic carbocycles. The van der Waals surface area contributed by atoms with Crippen LogP contribution in [0.15, 0.2) is 52.3 Å². The van der Waals surface area contributed by atoms with Gasteiger partial charge in [-0.3, -0.25) is 0 Å². The number of aliphatic hydroxyl groups excluding tert-OH is 1. The van der Waals surface area contributed by atoms with Crippen LogP contribution in [0.5, 0.6) is 5.75 Å². The molecule has 0 atom stereocenters. The van der Waals surface area contributed by atoms with Crippen molar-refractivity contribution in [2.75, 3.05) is 11.9 Å². The lowest BCUT2D eigenvalue weighted by Crippen LogP contribution is -2.12. The van der Waals surface area contributed by atoms with Gasteiger partial charge in [-0.05, 0) is 42.5 Å². The Morgan fingerprint density at radius 3 is 2.55 bits per heavy atom. The van der Waals surface area contributed by atoms with Gasteiger partial charge in [0.2, 0.25) is 0 Å². The fourth-order valence-electron chi connectivity index (χ4n) is 2.02. The molecule has 0 saturated heterocycles. The first-order valence-corrected chi connectivity index (χ1v) is 7.26. The minimum atomic E-state index is 0.231. The van der Waals surface area contributed by atoms with Gasteiger partial charge in [0.25, 0.3) is 0 Å². The van der Waals surface area contributed by atoms with Crippen LogP contribution in [-0.4, -0.2) is 16.8 Å². The van der Waals surface area contributed by atoms with Gasteiger partial charge in [-0.2, -0.15) is 0 Å². The van der Waals surface area contributed by atoms with Gasteiger partial charge < -0.3 is 15.5 Å². The quantitative estimate of drug-likeness (QED) is 0.765. The van der Waals surface area contributed by atoms with Gasteiger partial charge in [0, 0.05) is 21.2 Å². The second-order valence-corrected chi connectivity index (χ2v) is 6.02. The zero-order valence-corrected chi connectivity index (χ0v) is 12.0. The van der Waals surface area contributed by atoms with Crippen molar-refractivity contribution in [2.45, 2.75) is 4.90 Å². The summed E-state index contributed by atoms with van der Waals surface area (Å²) < 4.78 is 0. The van der Waals surface area contributed by atoms with Gasteiger partial charge in [0.05, 0.1) is 11.4 Å². The van der Waals surface area contributed by atoms with E-state index in [0.717, 1.165) is 21.1 Å². The molecule has 1 heterocycles. The monoisotopic (exact) mass is 305 g/mol. The molecule has 20 heavy (non-hydrogen) atoms. The van der Waals surface area contributed by atoms with Gasteiger partial charge in [-0.25, -0.2) is 0 Å². The third kappa shape index (κ3) is 2.57. The highest BCUT2D eigenvalue weighted by Crippen LogP contribution is 2.38. The first kappa shape index (κ1) is 13.2. The number of rotatable bonds is 2. The van der Waals surface area contributed by atoms with Gasteiger partial charge in [0.15, 0.2) is 0 Å². The molecule has 0 radical (unpaired) electrons. The fourth-order valence-corrected chi connectivity index (χ4v) is 3.10. The van der Waals surface area contributed by atoms with Crippen LogP contribution in [0.3, 0.4) is 0 Å². The summed E-state index contributed by atoms with van der Waals surface area (Å²) in [6, 6.07) is 12.3. The Bertz CT molecular complexity index is 683. The van der Waals surface area contributed by atoms with Crippen LogP contribution < -0.4 is 5.32 Å². The second-order valence-electron chi connectivity index (χ2n) is 4.41. The third-order valence-corrected chi connectivity index (χ3v) is 4.35. The van der Waals surface area contributed by atoms with E-state index in [0.29, 0.717) is 11.6 Å². The molecule has 0 aliphatic carbocycles. The summed E-state index contributed by atoms with van der Waals surface area (Å²) in [6.45, 7) is 0.546. The van der Waals surface area contributed by atoms with E-state index in [1.165, 1.54) is 11.8 Å². The Kier molecular flexibility index (Phi) is 3.51. The molecule has 1 aliphatic heterocycles. The summed E-state index contributed by atoms with van der Waals surface area (Å²) in [5, 5.41) is 23.5. The highest BCUT2D eigenvalue weighted by atomic mass is 35.5. The van der Waals surface area contributed by atoms with E-state index in [-0.39, 0.29) is 11.5 Å². The first-order valence-electron chi connectivity index (χ1n) is 6.06. The number of hydrogen-bond acceptors (Lipinski definition) is 4. The molecule has 0 spiro atoms. The molecule has 0 saturated carbocycles. The van der Waals surface area contributed by atoms with Crippen LogP contribution >= 0.6 is 23.4 Å². The molecule has 3 rings (SSSR count). The van der Waals surface area contributed by atoms with Crippen molar-refractivity contribution in [1.29, 1.82) is 0 Å². The number of phenols is 1. The lowest BCUT2D eigenvalue weighted by molar-refractivity contribution is 0.475. The van der Waals surface area contributed by atoms with Crippen molar-refractivity contribution in [3.63, 3.8) is 0 Å². The molecule has 0 fully saturated rings. The lowest BCUT2D eigenvalue weighted by atomic mass is 10.1. The molecule has 2 aromatic rings. The van der Waals surface area contributed by atoms with Crippen LogP contribution in [0, 0.1) is 0 Å². The number of hydrogen-bond donors (Lipinski definition) is 3. The van der Waals surface area contributed by atoms with Crippen LogP contribution in [0.4, 0.5) is 5.69 Å². The number of nitrogens with one attached hydrogen (secondary N) is 1. The summed E-state index contributed by atoms with van der Waals surface area (Å²) in [6.07, 6.45) is 0. The number of fused-ring (bicyclic) bond motifs is 1. The van der Waals surface area contributed by atoms with Crippen molar-refractivity contribution in [2.24, 2.45) is 0 Å². The Hall–Kier alpha value is -1.78. The molecule has 3 N–H and O–H groups in total. The number of phenolic OH excluding ortho intramolecular Hbond substituents is 1. The summed E-state index contributed by atoms with van der Waals surface area (Å²) in [5.74, 6) is 0.503. The Morgan fingerprint density at radius 1 is 1.05 bits per heavy atom. The van der Waals surface area contributed by atoms with Crippen molar-refractivity contribution >= 4 is 34.8 Å². The smallest absolute Gasteiger partial charge is 0.136 e. The van der Waals surface area contributed by atoms with E-state index in [4.69, 9.17) is 11.6 Å². The van der Waals surface area contributed by atoms with Crippen LogP contribution in [0.2, 0.25) is 5.02 Å². The van der Waals surface area contributed by atoms with Crippen LogP contribution in [0.1, 0.15) is 5.56 Å². The zero-order valence-electron chi connectivity index (χ0n) is 10.4. The Labute approximate surface area is 125 Å². The lowest BCUT2D eigenvalue weighted by Gasteiger charge is -2.21. The molecule has 5 heteroatoms. The van der Waals surface area contributed by atoms with E-state index in [1.54, 1.807) is 30.3 Å². The average molecular weight is 306 g/mol. The predicted molar refractivity (Wildman–Crippen MR) is 83.5 cm³/mol.